The summed E-state index contributed by atoms with van der Waals surface area (Å²) in [6.45, 7) is 4.76. The summed E-state index contributed by atoms with van der Waals surface area (Å²) in [5.41, 5.74) is 4.82. The number of hydrogen-bond acceptors (Lipinski definition) is 5. The standard InChI is InChI=1S/C25H26ClN3O4/c1-16-22(17(2)29(28-16)13-18-6-4-3-5-7-18)12-27-24(30)15-33-25(31)20-10-19-11-21(26)8-9-23(19)32-14-20/h3-9,11,20H,10,12-15H2,1-2H3,(H,27,30). The molecule has 0 saturated carbocycles. The number of esters is 1. The fourth-order valence-electron chi connectivity index (χ4n) is 3.91. The van der Waals surface area contributed by atoms with Crippen LogP contribution in [0.5, 0.6) is 5.75 Å². The van der Waals surface area contributed by atoms with Crippen LogP contribution in [0.15, 0.2) is 48.5 Å². The first kappa shape index (κ1) is 22.9. The molecule has 172 valence electrons. The molecule has 1 aromatic heterocycles. The Bertz CT molecular complexity index is 1160. The van der Waals surface area contributed by atoms with Crippen molar-refractivity contribution in [1.82, 2.24) is 15.1 Å². The van der Waals surface area contributed by atoms with Gasteiger partial charge in [0.2, 0.25) is 0 Å². The van der Waals surface area contributed by atoms with Crippen molar-refractivity contribution < 1.29 is 19.1 Å². The van der Waals surface area contributed by atoms with Gasteiger partial charge in [-0.05, 0) is 49.6 Å². The van der Waals surface area contributed by atoms with Gasteiger partial charge in [-0.15, -0.1) is 0 Å². The Morgan fingerprint density at radius 1 is 1.21 bits per heavy atom. The van der Waals surface area contributed by atoms with Gasteiger partial charge < -0.3 is 14.8 Å². The quantitative estimate of drug-likeness (QED) is 0.537. The van der Waals surface area contributed by atoms with Crippen LogP contribution in [0.25, 0.3) is 0 Å². The average molecular weight is 468 g/mol. The lowest BCUT2D eigenvalue weighted by molar-refractivity contribution is -0.153. The maximum Gasteiger partial charge on any atom is 0.313 e. The van der Waals surface area contributed by atoms with Gasteiger partial charge in [-0.2, -0.15) is 5.10 Å². The highest BCUT2D eigenvalue weighted by Gasteiger charge is 2.28. The maximum absolute atomic E-state index is 12.4. The molecule has 7 nitrogen and oxygen atoms in total. The van der Waals surface area contributed by atoms with Crippen LogP contribution in [-0.4, -0.2) is 34.9 Å². The number of hydrogen-bond donors (Lipinski definition) is 1. The summed E-state index contributed by atoms with van der Waals surface area (Å²) < 4.78 is 12.8. The summed E-state index contributed by atoms with van der Waals surface area (Å²) in [5, 5.41) is 8.01. The number of rotatable bonds is 7. The molecular formula is C25H26ClN3O4. The largest absolute Gasteiger partial charge is 0.492 e. The highest BCUT2D eigenvalue weighted by molar-refractivity contribution is 6.30. The maximum atomic E-state index is 12.4. The molecule has 0 fully saturated rings. The van der Waals surface area contributed by atoms with Crippen molar-refractivity contribution in [3.05, 3.63) is 81.6 Å². The number of amides is 1. The highest BCUT2D eigenvalue weighted by atomic mass is 35.5. The van der Waals surface area contributed by atoms with Gasteiger partial charge in [0.15, 0.2) is 6.61 Å². The van der Waals surface area contributed by atoms with E-state index in [1.54, 1.807) is 18.2 Å². The zero-order chi connectivity index (χ0) is 23.4. The molecule has 0 radical (unpaired) electrons. The van der Waals surface area contributed by atoms with Crippen LogP contribution < -0.4 is 10.1 Å². The summed E-state index contributed by atoms with van der Waals surface area (Å²) >= 11 is 6.03. The summed E-state index contributed by atoms with van der Waals surface area (Å²) in [7, 11) is 0. The molecule has 1 atom stereocenters. The number of fused-ring (bicyclic) bond motifs is 1. The molecule has 0 aliphatic carbocycles. The van der Waals surface area contributed by atoms with Gasteiger partial charge in [-0.3, -0.25) is 14.3 Å². The van der Waals surface area contributed by atoms with Gasteiger partial charge in [0.1, 0.15) is 12.4 Å². The van der Waals surface area contributed by atoms with Crippen LogP contribution in [-0.2, 0) is 33.8 Å². The third-order valence-corrected chi connectivity index (χ3v) is 6.01. The predicted octanol–water partition coefficient (Wildman–Crippen LogP) is 3.61. The number of aromatic nitrogens is 2. The van der Waals surface area contributed by atoms with Gasteiger partial charge in [0.05, 0.1) is 18.2 Å². The molecule has 3 aromatic rings. The molecule has 2 aromatic carbocycles. The number of carbonyl (C=O) groups excluding carboxylic acids is 2. The Labute approximate surface area is 197 Å². The van der Waals surface area contributed by atoms with Crippen LogP contribution in [0.2, 0.25) is 5.02 Å². The number of halogens is 1. The first-order valence-electron chi connectivity index (χ1n) is 10.8. The number of carbonyl (C=O) groups is 2. The Morgan fingerprint density at radius 3 is 2.79 bits per heavy atom. The third-order valence-electron chi connectivity index (χ3n) is 5.78. The Morgan fingerprint density at radius 2 is 2.00 bits per heavy atom. The zero-order valence-electron chi connectivity index (χ0n) is 18.6. The molecular weight excluding hydrogens is 442 g/mol. The second-order valence-corrected chi connectivity index (χ2v) is 8.58. The van der Waals surface area contributed by atoms with Crippen LogP contribution in [0.4, 0.5) is 0 Å². The fraction of sp³-hybridized carbons (Fsp3) is 0.320. The van der Waals surface area contributed by atoms with E-state index in [1.165, 1.54) is 0 Å². The highest BCUT2D eigenvalue weighted by Crippen LogP contribution is 2.30. The molecule has 4 rings (SSSR count). The van der Waals surface area contributed by atoms with Crippen molar-refractivity contribution in [1.29, 1.82) is 0 Å². The van der Waals surface area contributed by atoms with Gasteiger partial charge >= 0.3 is 5.97 Å². The minimum atomic E-state index is -0.468. The van der Waals surface area contributed by atoms with E-state index in [4.69, 9.17) is 21.1 Å². The lowest BCUT2D eigenvalue weighted by Crippen LogP contribution is -2.33. The van der Waals surface area contributed by atoms with E-state index in [2.05, 4.69) is 22.5 Å². The van der Waals surface area contributed by atoms with Crippen LogP contribution >= 0.6 is 11.6 Å². The van der Waals surface area contributed by atoms with Gasteiger partial charge in [-0.1, -0.05) is 41.9 Å². The van der Waals surface area contributed by atoms with Gasteiger partial charge in [-0.25, -0.2) is 0 Å². The first-order chi connectivity index (χ1) is 15.9. The molecule has 33 heavy (non-hydrogen) atoms. The molecule has 1 aliphatic rings. The number of nitrogens with zero attached hydrogens (tertiary/aromatic N) is 2. The minimum Gasteiger partial charge on any atom is -0.492 e. The molecule has 1 aliphatic heterocycles. The SMILES string of the molecule is Cc1nn(Cc2ccccc2)c(C)c1CNC(=O)COC(=O)C1COc2ccc(Cl)cc2C1. The van der Waals surface area contributed by atoms with Gasteiger partial charge in [0.25, 0.3) is 5.91 Å². The summed E-state index contributed by atoms with van der Waals surface area (Å²) in [5.74, 6) is -0.568. The van der Waals surface area contributed by atoms with E-state index in [9.17, 15) is 9.59 Å². The summed E-state index contributed by atoms with van der Waals surface area (Å²) in [6.07, 6.45) is 0.468. The minimum absolute atomic E-state index is 0.216. The van der Waals surface area contributed by atoms with E-state index < -0.39 is 11.9 Å². The lowest BCUT2D eigenvalue weighted by atomic mass is 9.97. The van der Waals surface area contributed by atoms with Crippen LogP contribution in [0.3, 0.4) is 0 Å². The van der Waals surface area contributed by atoms with E-state index in [0.717, 1.165) is 33.8 Å². The van der Waals surface area contributed by atoms with E-state index in [-0.39, 0.29) is 19.1 Å². The Balaban J connectivity index is 1.27. The normalized spacial score (nSPS) is 14.8. The molecule has 2 heterocycles. The fourth-order valence-corrected chi connectivity index (χ4v) is 4.10. The Hall–Kier alpha value is -3.32. The summed E-state index contributed by atoms with van der Waals surface area (Å²) in [6, 6.07) is 15.4. The first-order valence-corrected chi connectivity index (χ1v) is 11.2. The van der Waals surface area contributed by atoms with Crippen molar-refractivity contribution in [2.45, 2.75) is 33.4 Å². The second-order valence-electron chi connectivity index (χ2n) is 8.14. The monoisotopic (exact) mass is 467 g/mol. The number of nitrogens with one attached hydrogen (secondary N) is 1. The third kappa shape index (κ3) is 5.54. The van der Waals surface area contributed by atoms with Crippen molar-refractivity contribution in [2.75, 3.05) is 13.2 Å². The number of benzene rings is 2. The van der Waals surface area contributed by atoms with E-state index in [0.29, 0.717) is 24.5 Å². The van der Waals surface area contributed by atoms with Crippen molar-refractivity contribution >= 4 is 23.5 Å². The Kier molecular flexibility index (Phi) is 6.99. The van der Waals surface area contributed by atoms with Crippen molar-refractivity contribution in [3.63, 3.8) is 0 Å². The van der Waals surface area contributed by atoms with Gasteiger partial charge in [0, 0.05) is 22.8 Å². The topological polar surface area (TPSA) is 82.5 Å². The molecule has 0 spiro atoms. The average Bonchev–Trinajstić information content (AvgIpc) is 3.08. The lowest BCUT2D eigenvalue weighted by Gasteiger charge is -2.24. The molecule has 1 N–H and O–H groups in total. The molecule has 0 bridgehead atoms. The molecule has 1 amide bonds. The summed E-state index contributed by atoms with van der Waals surface area (Å²) in [4.78, 5) is 24.7. The van der Waals surface area contributed by atoms with Crippen LogP contribution in [0.1, 0.15) is 28.1 Å². The number of ether oxygens (including phenoxy) is 2. The van der Waals surface area contributed by atoms with Crippen molar-refractivity contribution in [2.24, 2.45) is 5.92 Å². The van der Waals surface area contributed by atoms with Crippen LogP contribution in [0, 0.1) is 19.8 Å². The van der Waals surface area contributed by atoms with Crippen molar-refractivity contribution in [3.8, 4) is 5.75 Å². The molecule has 0 saturated heterocycles. The number of aryl methyl sites for hydroxylation is 1. The molecule has 8 heteroatoms. The second kappa shape index (κ2) is 10.1. The molecule has 1 unspecified atom stereocenters. The zero-order valence-corrected chi connectivity index (χ0v) is 19.4. The van der Waals surface area contributed by atoms with E-state index >= 15 is 0 Å². The predicted molar refractivity (Wildman–Crippen MR) is 124 cm³/mol. The smallest absolute Gasteiger partial charge is 0.313 e. The van der Waals surface area contributed by atoms with E-state index in [1.807, 2.05) is 36.7 Å².